The molecule has 3 rings (SSSR count). The van der Waals surface area contributed by atoms with Gasteiger partial charge in [-0.05, 0) is 54.0 Å². The van der Waals surface area contributed by atoms with E-state index >= 15 is 0 Å². The third-order valence-corrected chi connectivity index (χ3v) is 4.28. The molecule has 1 aliphatic carbocycles. The number of halogens is 1. The second-order valence-corrected chi connectivity index (χ2v) is 5.74. The van der Waals surface area contributed by atoms with Gasteiger partial charge in [0, 0.05) is 6.04 Å². The van der Waals surface area contributed by atoms with Crippen molar-refractivity contribution in [1.29, 1.82) is 0 Å². The lowest BCUT2D eigenvalue weighted by Crippen LogP contribution is -2.15. The van der Waals surface area contributed by atoms with E-state index in [0.29, 0.717) is 0 Å². The first-order valence-corrected chi connectivity index (χ1v) is 7.32. The number of rotatable bonds is 4. The zero-order valence-electron chi connectivity index (χ0n) is 11.6. The average molecular weight is 269 g/mol. The number of hydrogen-bond acceptors (Lipinski definition) is 1. The van der Waals surface area contributed by atoms with Gasteiger partial charge < -0.3 is 5.73 Å². The summed E-state index contributed by atoms with van der Waals surface area (Å²) in [5.74, 6) is 0.530. The summed E-state index contributed by atoms with van der Waals surface area (Å²) >= 11 is 0. The minimum atomic E-state index is -0.200. The van der Waals surface area contributed by atoms with Gasteiger partial charge in [0.1, 0.15) is 5.82 Å². The van der Waals surface area contributed by atoms with Gasteiger partial charge in [0.25, 0.3) is 0 Å². The summed E-state index contributed by atoms with van der Waals surface area (Å²) in [4.78, 5) is 0. The van der Waals surface area contributed by atoms with Crippen molar-refractivity contribution < 1.29 is 4.39 Å². The van der Waals surface area contributed by atoms with E-state index in [1.54, 1.807) is 0 Å². The molecular weight excluding hydrogens is 249 g/mol. The van der Waals surface area contributed by atoms with E-state index < -0.39 is 0 Å². The zero-order valence-corrected chi connectivity index (χ0v) is 11.6. The normalized spacial score (nSPS) is 16.7. The Morgan fingerprint density at radius 2 is 1.85 bits per heavy atom. The number of nitrogens with two attached hydrogens (primary N) is 1. The topological polar surface area (TPSA) is 26.0 Å². The molecule has 1 atom stereocenters. The van der Waals surface area contributed by atoms with Gasteiger partial charge in [0.05, 0.1) is 0 Å². The Balaban J connectivity index is 1.72. The van der Waals surface area contributed by atoms with Gasteiger partial charge in [0.15, 0.2) is 0 Å². The molecule has 1 nitrogen and oxygen atoms in total. The molecule has 0 heterocycles. The highest BCUT2D eigenvalue weighted by atomic mass is 19.1. The van der Waals surface area contributed by atoms with E-state index in [4.69, 9.17) is 5.73 Å². The van der Waals surface area contributed by atoms with Gasteiger partial charge in [0.2, 0.25) is 0 Å². The standard InChI is InChI=1S/C18H20FN/c19-17-9-7-13(8-10-17)11-18(20)16-6-2-5-15(12-16)14-3-1-4-14/h2,5-10,12,14,18H,1,3-4,11,20H2. The van der Waals surface area contributed by atoms with Crippen LogP contribution in [0.15, 0.2) is 48.5 Å². The predicted molar refractivity (Wildman–Crippen MR) is 80.1 cm³/mol. The molecule has 2 aromatic carbocycles. The van der Waals surface area contributed by atoms with Crippen LogP contribution in [0.3, 0.4) is 0 Å². The molecule has 104 valence electrons. The molecule has 0 spiro atoms. The Bertz CT molecular complexity index is 572. The Morgan fingerprint density at radius 1 is 1.10 bits per heavy atom. The molecule has 0 bridgehead atoms. The Morgan fingerprint density at radius 3 is 2.50 bits per heavy atom. The van der Waals surface area contributed by atoms with Crippen molar-refractivity contribution in [3.63, 3.8) is 0 Å². The monoisotopic (exact) mass is 269 g/mol. The van der Waals surface area contributed by atoms with Crippen molar-refractivity contribution in [1.82, 2.24) is 0 Å². The summed E-state index contributed by atoms with van der Waals surface area (Å²) in [7, 11) is 0. The third-order valence-electron chi connectivity index (χ3n) is 4.28. The van der Waals surface area contributed by atoms with Gasteiger partial charge in [-0.1, -0.05) is 42.8 Å². The fourth-order valence-electron chi connectivity index (χ4n) is 2.78. The van der Waals surface area contributed by atoms with Crippen LogP contribution < -0.4 is 5.73 Å². The third kappa shape index (κ3) is 2.91. The molecule has 1 fully saturated rings. The summed E-state index contributed by atoms with van der Waals surface area (Å²) in [6.45, 7) is 0. The van der Waals surface area contributed by atoms with Crippen molar-refractivity contribution in [2.45, 2.75) is 37.6 Å². The molecule has 0 radical (unpaired) electrons. The smallest absolute Gasteiger partial charge is 0.123 e. The summed E-state index contributed by atoms with van der Waals surface area (Å²) in [5.41, 5.74) is 9.98. The molecule has 2 heteroatoms. The fourth-order valence-corrected chi connectivity index (χ4v) is 2.78. The van der Waals surface area contributed by atoms with Crippen molar-refractivity contribution in [3.8, 4) is 0 Å². The van der Waals surface area contributed by atoms with Crippen LogP contribution in [-0.2, 0) is 6.42 Å². The molecule has 0 aromatic heterocycles. The Hall–Kier alpha value is -1.67. The highest BCUT2D eigenvalue weighted by Gasteiger charge is 2.20. The first kappa shape index (κ1) is 13.3. The minimum absolute atomic E-state index is 0.0273. The maximum absolute atomic E-state index is 12.9. The van der Waals surface area contributed by atoms with Crippen molar-refractivity contribution in [2.24, 2.45) is 5.73 Å². The van der Waals surface area contributed by atoms with Crippen molar-refractivity contribution in [3.05, 3.63) is 71.0 Å². The Kier molecular flexibility index (Phi) is 3.83. The molecule has 2 N–H and O–H groups in total. The van der Waals surface area contributed by atoms with Crippen LogP contribution in [0.2, 0.25) is 0 Å². The molecule has 0 amide bonds. The van der Waals surface area contributed by atoms with E-state index in [9.17, 15) is 4.39 Å². The quantitative estimate of drug-likeness (QED) is 0.878. The first-order chi connectivity index (χ1) is 9.72. The summed E-state index contributed by atoms with van der Waals surface area (Å²) in [6.07, 6.45) is 4.69. The zero-order chi connectivity index (χ0) is 13.9. The second kappa shape index (κ2) is 5.76. The van der Waals surface area contributed by atoms with E-state index in [1.165, 1.54) is 42.5 Å². The lowest BCUT2D eigenvalue weighted by molar-refractivity contribution is 0.419. The molecule has 2 aromatic rings. The highest BCUT2D eigenvalue weighted by Crippen LogP contribution is 2.37. The lowest BCUT2D eigenvalue weighted by atomic mass is 9.79. The summed E-state index contributed by atoms with van der Waals surface area (Å²) < 4.78 is 12.9. The van der Waals surface area contributed by atoms with Crippen LogP contribution in [0.1, 0.15) is 47.9 Å². The van der Waals surface area contributed by atoms with Crippen LogP contribution in [0, 0.1) is 5.82 Å². The predicted octanol–water partition coefficient (Wildman–Crippen LogP) is 4.34. The SMILES string of the molecule is NC(Cc1ccc(F)cc1)c1cccc(C2CCC2)c1. The molecule has 1 saturated carbocycles. The van der Waals surface area contributed by atoms with E-state index in [0.717, 1.165) is 17.9 Å². The number of benzene rings is 2. The van der Waals surface area contributed by atoms with Crippen LogP contribution in [0.4, 0.5) is 4.39 Å². The fraction of sp³-hybridized carbons (Fsp3) is 0.333. The Labute approximate surface area is 119 Å². The number of hydrogen-bond donors (Lipinski definition) is 1. The summed E-state index contributed by atoms with van der Waals surface area (Å²) in [5, 5.41) is 0. The van der Waals surface area contributed by atoms with Gasteiger partial charge in [-0.25, -0.2) is 4.39 Å². The van der Waals surface area contributed by atoms with Gasteiger partial charge in [-0.2, -0.15) is 0 Å². The average Bonchev–Trinajstić information content (AvgIpc) is 2.40. The maximum Gasteiger partial charge on any atom is 0.123 e. The highest BCUT2D eigenvalue weighted by molar-refractivity contribution is 5.31. The molecule has 20 heavy (non-hydrogen) atoms. The first-order valence-electron chi connectivity index (χ1n) is 7.32. The molecule has 1 aliphatic rings. The largest absolute Gasteiger partial charge is 0.324 e. The van der Waals surface area contributed by atoms with E-state index in [1.807, 2.05) is 12.1 Å². The van der Waals surface area contributed by atoms with E-state index in [-0.39, 0.29) is 11.9 Å². The lowest BCUT2D eigenvalue weighted by Gasteiger charge is -2.26. The second-order valence-electron chi connectivity index (χ2n) is 5.74. The summed E-state index contributed by atoms with van der Waals surface area (Å²) in [6, 6.07) is 15.2. The van der Waals surface area contributed by atoms with Gasteiger partial charge in [-0.15, -0.1) is 0 Å². The minimum Gasteiger partial charge on any atom is -0.324 e. The maximum atomic E-state index is 12.9. The molecule has 1 unspecified atom stereocenters. The van der Waals surface area contributed by atoms with Crippen LogP contribution in [0.25, 0.3) is 0 Å². The van der Waals surface area contributed by atoms with Crippen LogP contribution in [-0.4, -0.2) is 0 Å². The molecule has 0 saturated heterocycles. The van der Waals surface area contributed by atoms with Crippen LogP contribution >= 0.6 is 0 Å². The van der Waals surface area contributed by atoms with Gasteiger partial charge >= 0.3 is 0 Å². The van der Waals surface area contributed by atoms with Crippen LogP contribution in [0.5, 0.6) is 0 Å². The molecular formula is C18H20FN. The van der Waals surface area contributed by atoms with Crippen molar-refractivity contribution in [2.75, 3.05) is 0 Å². The van der Waals surface area contributed by atoms with Gasteiger partial charge in [-0.3, -0.25) is 0 Å². The van der Waals surface area contributed by atoms with Crippen molar-refractivity contribution >= 4 is 0 Å². The van der Waals surface area contributed by atoms with E-state index in [2.05, 4.69) is 24.3 Å². The molecule has 0 aliphatic heterocycles.